The molecule has 1 aromatic rings. The molecule has 0 N–H and O–H groups in total. The summed E-state index contributed by atoms with van der Waals surface area (Å²) in [4.78, 5) is 16.0. The fourth-order valence-corrected chi connectivity index (χ4v) is 1.21. The Morgan fingerprint density at radius 1 is 1.69 bits per heavy atom. The summed E-state index contributed by atoms with van der Waals surface area (Å²) in [5.41, 5.74) is 0.474. The van der Waals surface area contributed by atoms with E-state index in [0.29, 0.717) is 17.9 Å². The average Bonchev–Trinajstić information content (AvgIpc) is 2.75. The van der Waals surface area contributed by atoms with Crippen LogP contribution in [0.3, 0.4) is 0 Å². The summed E-state index contributed by atoms with van der Waals surface area (Å²) in [5, 5.41) is 3.68. The van der Waals surface area contributed by atoms with E-state index in [9.17, 15) is 4.79 Å². The minimum atomic E-state index is -0.228. The first-order valence-corrected chi connectivity index (χ1v) is 4.04. The molecule has 68 valence electrons. The third-order valence-electron chi connectivity index (χ3n) is 1.94. The lowest BCUT2D eigenvalue weighted by Gasteiger charge is -2.02. The van der Waals surface area contributed by atoms with Crippen molar-refractivity contribution >= 4 is 11.5 Å². The van der Waals surface area contributed by atoms with Crippen molar-refractivity contribution < 1.29 is 14.0 Å². The molecule has 13 heavy (non-hydrogen) atoms. The number of oxime groups is 1. The van der Waals surface area contributed by atoms with Crippen LogP contribution in [0.5, 0.6) is 0 Å². The molecule has 1 aliphatic heterocycles. The summed E-state index contributed by atoms with van der Waals surface area (Å²) < 4.78 is 5.14. The molecule has 0 amide bonds. The maximum atomic E-state index is 10.9. The highest BCUT2D eigenvalue weighted by Gasteiger charge is 2.26. The molecule has 1 aliphatic rings. The van der Waals surface area contributed by atoms with E-state index in [1.54, 1.807) is 12.3 Å². The molecule has 2 rings (SSSR count). The van der Waals surface area contributed by atoms with Gasteiger partial charge in [0.15, 0.2) is 11.9 Å². The summed E-state index contributed by atoms with van der Waals surface area (Å²) in [6, 6.07) is 3.59. The molecule has 4 heteroatoms. The summed E-state index contributed by atoms with van der Waals surface area (Å²) in [6.45, 7) is 1.48. The first-order valence-electron chi connectivity index (χ1n) is 4.04. The van der Waals surface area contributed by atoms with Crippen LogP contribution >= 0.6 is 0 Å². The van der Waals surface area contributed by atoms with Crippen LogP contribution in [0.2, 0.25) is 0 Å². The van der Waals surface area contributed by atoms with E-state index in [1.165, 1.54) is 6.92 Å². The Bertz CT molecular complexity index is 340. The Balaban J connectivity index is 2.07. The zero-order valence-corrected chi connectivity index (χ0v) is 7.19. The Kier molecular flexibility index (Phi) is 1.88. The van der Waals surface area contributed by atoms with Crippen LogP contribution in [-0.2, 0) is 9.63 Å². The lowest BCUT2D eigenvalue weighted by atomic mass is 10.1. The minimum Gasteiger partial charge on any atom is -0.465 e. The molecule has 2 heterocycles. The van der Waals surface area contributed by atoms with Crippen molar-refractivity contribution in [3.05, 3.63) is 24.2 Å². The van der Waals surface area contributed by atoms with Gasteiger partial charge in [-0.25, -0.2) is 0 Å². The third-order valence-corrected chi connectivity index (χ3v) is 1.94. The molecule has 0 aliphatic carbocycles. The van der Waals surface area contributed by atoms with E-state index < -0.39 is 0 Å². The molecule has 0 fully saturated rings. The van der Waals surface area contributed by atoms with Crippen molar-refractivity contribution in [3.63, 3.8) is 0 Å². The number of ketones is 1. The number of hydrogen-bond acceptors (Lipinski definition) is 4. The number of carbonyl (C=O) groups is 1. The largest absolute Gasteiger partial charge is 0.465 e. The number of Topliss-reactive ketones (excluding diaryl/α,β-unsaturated/α-hetero) is 1. The fraction of sp³-hybridized carbons (Fsp3) is 0.333. The highest BCUT2D eigenvalue weighted by atomic mass is 16.6. The predicted octanol–water partition coefficient (Wildman–Crippen LogP) is 1.69. The Morgan fingerprint density at radius 3 is 3.08 bits per heavy atom. The maximum absolute atomic E-state index is 10.9. The summed E-state index contributed by atoms with van der Waals surface area (Å²) in [5.74, 6) is 0.661. The second-order valence-corrected chi connectivity index (χ2v) is 2.91. The van der Waals surface area contributed by atoms with Crippen LogP contribution in [0.25, 0.3) is 0 Å². The molecule has 0 spiro atoms. The smallest absolute Gasteiger partial charge is 0.190 e. The van der Waals surface area contributed by atoms with Gasteiger partial charge in [0.05, 0.1) is 6.26 Å². The number of rotatable bonds is 2. The molecule has 1 unspecified atom stereocenters. The predicted molar refractivity (Wildman–Crippen MR) is 45.3 cm³/mol. The van der Waals surface area contributed by atoms with Crippen LogP contribution in [0.4, 0.5) is 0 Å². The molecule has 0 saturated carbocycles. The van der Waals surface area contributed by atoms with E-state index in [-0.39, 0.29) is 11.9 Å². The lowest BCUT2D eigenvalue weighted by Crippen LogP contribution is -2.07. The van der Waals surface area contributed by atoms with Gasteiger partial charge in [-0.2, -0.15) is 0 Å². The van der Waals surface area contributed by atoms with Gasteiger partial charge in [-0.3, -0.25) is 4.79 Å². The zero-order chi connectivity index (χ0) is 9.26. The van der Waals surface area contributed by atoms with Gasteiger partial charge in [-0.15, -0.1) is 0 Å². The van der Waals surface area contributed by atoms with E-state index in [0.717, 1.165) is 0 Å². The fourth-order valence-electron chi connectivity index (χ4n) is 1.21. The number of carbonyl (C=O) groups excluding carboxylic acids is 1. The van der Waals surface area contributed by atoms with Gasteiger partial charge in [0.2, 0.25) is 0 Å². The molecule has 1 atom stereocenters. The standard InChI is InChI=1S/C9H9NO3/c1-6(11)7-5-9(13-10-7)8-3-2-4-12-8/h2-4,9H,5H2,1H3. The molecular weight excluding hydrogens is 170 g/mol. The number of hydrogen-bond donors (Lipinski definition) is 0. The van der Waals surface area contributed by atoms with Gasteiger partial charge >= 0.3 is 0 Å². The maximum Gasteiger partial charge on any atom is 0.190 e. The van der Waals surface area contributed by atoms with E-state index in [4.69, 9.17) is 9.25 Å². The average molecular weight is 179 g/mol. The van der Waals surface area contributed by atoms with Gasteiger partial charge in [0.1, 0.15) is 11.5 Å². The Labute approximate surface area is 75.2 Å². The Hall–Kier alpha value is -1.58. The minimum absolute atomic E-state index is 0.0472. The van der Waals surface area contributed by atoms with E-state index in [2.05, 4.69) is 5.16 Å². The second-order valence-electron chi connectivity index (χ2n) is 2.91. The third kappa shape index (κ3) is 1.47. The van der Waals surface area contributed by atoms with Gasteiger partial charge in [0.25, 0.3) is 0 Å². The molecule has 0 aromatic carbocycles. The second kappa shape index (κ2) is 3.05. The summed E-state index contributed by atoms with van der Waals surface area (Å²) in [6.07, 6.45) is 1.85. The first kappa shape index (κ1) is 8.04. The quantitative estimate of drug-likeness (QED) is 0.694. The molecule has 0 bridgehead atoms. The monoisotopic (exact) mass is 179 g/mol. The van der Waals surface area contributed by atoms with Gasteiger partial charge < -0.3 is 9.25 Å². The molecule has 4 nitrogen and oxygen atoms in total. The summed E-state index contributed by atoms with van der Waals surface area (Å²) >= 11 is 0. The van der Waals surface area contributed by atoms with Crippen molar-refractivity contribution in [2.45, 2.75) is 19.4 Å². The number of nitrogens with zero attached hydrogens (tertiary/aromatic N) is 1. The van der Waals surface area contributed by atoms with Gasteiger partial charge in [-0.05, 0) is 12.1 Å². The summed E-state index contributed by atoms with van der Waals surface area (Å²) in [7, 11) is 0. The van der Waals surface area contributed by atoms with Crippen LogP contribution in [-0.4, -0.2) is 11.5 Å². The van der Waals surface area contributed by atoms with E-state index >= 15 is 0 Å². The van der Waals surface area contributed by atoms with Crippen molar-refractivity contribution in [2.24, 2.45) is 5.16 Å². The molecule has 0 saturated heterocycles. The molecule has 0 radical (unpaired) electrons. The van der Waals surface area contributed by atoms with Crippen LogP contribution in [0, 0.1) is 0 Å². The van der Waals surface area contributed by atoms with Gasteiger partial charge in [-0.1, -0.05) is 5.16 Å². The van der Waals surface area contributed by atoms with Crippen LogP contribution in [0.1, 0.15) is 25.2 Å². The van der Waals surface area contributed by atoms with Crippen LogP contribution in [0.15, 0.2) is 28.0 Å². The highest BCUT2D eigenvalue weighted by molar-refractivity contribution is 6.39. The van der Waals surface area contributed by atoms with Crippen molar-refractivity contribution in [1.82, 2.24) is 0 Å². The van der Waals surface area contributed by atoms with Crippen molar-refractivity contribution in [1.29, 1.82) is 0 Å². The molecular formula is C9H9NO3. The van der Waals surface area contributed by atoms with Crippen molar-refractivity contribution in [2.75, 3.05) is 0 Å². The topological polar surface area (TPSA) is 51.8 Å². The molecule has 1 aromatic heterocycles. The Morgan fingerprint density at radius 2 is 2.54 bits per heavy atom. The highest BCUT2D eigenvalue weighted by Crippen LogP contribution is 2.27. The van der Waals surface area contributed by atoms with Crippen LogP contribution < -0.4 is 0 Å². The SMILES string of the molecule is CC(=O)C1=NOC(c2ccco2)C1. The first-order chi connectivity index (χ1) is 6.27. The normalized spacial score (nSPS) is 21.0. The number of furan rings is 1. The van der Waals surface area contributed by atoms with E-state index in [1.807, 2.05) is 6.07 Å². The van der Waals surface area contributed by atoms with Crippen molar-refractivity contribution in [3.8, 4) is 0 Å². The lowest BCUT2D eigenvalue weighted by molar-refractivity contribution is -0.111. The zero-order valence-electron chi connectivity index (χ0n) is 7.19. The van der Waals surface area contributed by atoms with Gasteiger partial charge in [0, 0.05) is 13.3 Å².